The smallest absolute Gasteiger partial charge is 0.244 e. The van der Waals surface area contributed by atoms with Crippen molar-refractivity contribution in [2.24, 2.45) is 0 Å². The highest BCUT2D eigenvalue weighted by molar-refractivity contribution is 7.92. The molecule has 0 saturated carbocycles. The van der Waals surface area contributed by atoms with Crippen LogP contribution in [0.15, 0.2) is 78.9 Å². The quantitative estimate of drug-likeness (QED) is 0.341. The molecule has 3 aromatic rings. The average molecular weight is 586 g/mol. The van der Waals surface area contributed by atoms with E-state index in [1.165, 1.54) is 4.90 Å². The van der Waals surface area contributed by atoms with Gasteiger partial charge in [-0.25, -0.2) is 8.42 Å². The molecule has 0 heterocycles. The van der Waals surface area contributed by atoms with Gasteiger partial charge in [0, 0.05) is 17.1 Å². The number of nitrogens with zero attached hydrogens (tertiary/aromatic N) is 2. The van der Waals surface area contributed by atoms with Crippen LogP contribution >= 0.6 is 11.6 Å². The van der Waals surface area contributed by atoms with E-state index in [9.17, 15) is 18.0 Å². The third kappa shape index (κ3) is 9.27. The van der Waals surface area contributed by atoms with Crippen LogP contribution in [-0.4, -0.2) is 49.5 Å². The zero-order valence-corrected chi connectivity index (χ0v) is 25.0. The highest BCUT2D eigenvalue weighted by Crippen LogP contribution is 2.23. The molecule has 0 aromatic heterocycles. The van der Waals surface area contributed by atoms with Gasteiger partial charge in [0.15, 0.2) is 0 Å². The van der Waals surface area contributed by atoms with Crippen LogP contribution in [-0.2, 0) is 32.8 Å². The van der Waals surface area contributed by atoms with Gasteiger partial charge in [-0.3, -0.25) is 13.9 Å². The first-order valence-corrected chi connectivity index (χ1v) is 15.1. The largest absolute Gasteiger partial charge is 0.489 e. The van der Waals surface area contributed by atoms with Crippen molar-refractivity contribution in [1.82, 2.24) is 10.2 Å². The van der Waals surface area contributed by atoms with Crippen molar-refractivity contribution in [2.45, 2.75) is 52.4 Å². The van der Waals surface area contributed by atoms with E-state index in [4.69, 9.17) is 16.3 Å². The lowest BCUT2D eigenvalue weighted by atomic mass is 10.1. The molecule has 0 aliphatic carbocycles. The zero-order chi connectivity index (χ0) is 29.5. The molecule has 2 amide bonds. The van der Waals surface area contributed by atoms with Crippen molar-refractivity contribution in [3.05, 3.63) is 95.0 Å². The number of benzene rings is 3. The van der Waals surface area contributed by atoms with Gasteiger partial charge in [-0.1, -0.05) is 54.1 Å². The number of carbonyl (C=O) groups excluding carboxylic acids is 2. The predicted molar refractivity (Wildman–Crippen MR) is 159 cm³/mol. The summed E-state index contributed by atoms with van der Waals surface area (Å²) in [5, 5.41) is 3.38. The Morgan fingerprint density at radius 1 is 0.950 bits per heavy atom. The molecule has 8 nitrogen and oxygen atoms in total. The number of nitrogens with one attached hydrogen (secondary N) is 1. The molecule has 3 aromatic carbocycles. The fourth-order valence-electron chi connectivity index (χ4n) is 3.95. The molecular formula is C30H36ClN3O5S. The number of anilines is 1. The van der Waals surface area contributed by atoms with E-state index < -0.39 is 34.1 Å². The van der Waals surface area contributed by atoms with E-state index in [0.717, 1.165) is 16.1 Å². The van der Waals surface area contributed by atoms with E-state index in [-0.39, 0.29) is 12.5 Å². The number of halogens is 1. The first kappa shape index (κ1) is 31.0. The third-order valence-electron chi connectivity index (χ3n) is 5.96. The lowest BCUT2D eigenvalue weighted by Gasteiger charge is -2.33. The van der Waals surface area contributed by atoms with Crippen LogP contribution in [0.1, 0.15) is 38.8 Å². The maximum Gasteiger partial charge on any atom is 0.244 e. The average Bonchev–Trinajstić information content (AvgIpc) is 2.88. The zero-order valence-electron chi connectivity index (χ0n) is 23.4. The van der Waals surface area contributed by atoms with Gasteiger partial charge in [-0.2, -0.15) is 0 Å². The Balaban J connectivity index is 1.83. The van der Waals surface area contributed by atoms with Crippen LogP contribution in [0.2, 0.25) is 5.02 Å². The van der Waals surface area contributed by atoms with Crippen molar-refractivity contribution in [1.29, 1.82) is 0 Å². The van der Waals surface area contributed by atoms with Crippen molar-refractivity contribution in [2.75, 3.05) is 17.1 Å². The molecule has 0 fully saturated rings. The van der Waals surface area contributed by atoms with Gasteiger partial charge in [0.25, 0.3) is 0 Å². The summed E-state index contributed by atoms with van der Waals surface area (Å²) in [6, 6.07) is 22.3. The Morgan fingerprint density at radius 3 is 2.15 bits per heavy atom. The number of ether oxygens (including phenoxy) is 1. The molecule has 0 aliphatic heterocycles. The SMILES string of the molecule is C[C@H](C(=O)NC(C)(C)C)N(Cc1cccc(Cl)c1)C(=O)CN(c1ccc(OCc2ccccc2)cc1)S(C)(=O)=O. The number of amides is 2. The molecular weight excluding hydrogens is 550 g/mol. The van der Waals surface area contributed by atoms with E-state index in [0.29, 0.717) is 28.6 Å². The fourth-order valence-corrected chi connectivity index (χ4v) is 5.01. The second-order valence-corrected chi connectivity index (χ2v) is 12.9. The molecule has 3 rings (SSSR count). The Hall–Kier alpha value is -3.56. The molecule has 0 bridgehead atoms. The molecule has 0 aliphatic rings. The van der Waals surface area contributed by atoms with Crippen molar-refractivity contribution >= 4 is 39.1 Å². The summed E-state index contributed by atoms with van der Waals surface area (Å²) in [6.07, 6.45) is 1.04. The van der Waals surface area contributed by atoms with Crippen LogP contribution < -0.4 is 14.4 Å². The van der Waals surface area contributed by atoms with Crippen molar-refractivity contribution in [3.8, 4) is 5.75 Å². The Morgan fingerprint density at radius 2 is 1.57 bits per heavy atom. The summed E-state index contributed by atoms with van der Waals surface area (Å²) in [7, 11) is -3.85. The molecule has 40 heavy (non-hydrogen) atoms. The number of rotatable bonds is 11. The summed E-state index contributed by atoms with van der Waals surface area (Å²) in [5.41, 5.74) is 1.50. The predicted octanol–water partition coefficient (Wildman–Crippen LogP) is 5.02. The second kappa shape index (κ2) is 13.2. The molecule has 0 radical (unpaired) electrons. The van der Waals surface area contributed by atoms with Crippen molar-refractivity contribution < 1.29 is 22.7 Å². The van der Waals surface area contributed by atoms with Crippen LogP contribution in [0, 0.1) is 0 Å². The highest BCUT2D eigenvalue weighted by Gasteiger charge is 2.31. The normalized spacial score (nSPS) is 12.3. The fraction of sp³-hybridized carbons (Fsp3) is 0.333. The van der Waals surface area contributed by atoms with Gasteiger partial charge in [0.05, 0.1) is 11.9 Å². The van der Waals surface area contributed by atoms with Gasteiger partial charge >= 0.3 is 0 Å². The molecule has 214 valence electrons. The summed E-state index contributed by atoms with van der Waals surface area (Å²) in [5.74, 6) is -0.331. The first-order valence-electron chi connectivity index (χ1n) is 12.8. The van der Waals surface area contributed by atoms with Gasteiger partial charge < -0.3 is 15.0 Å². The van der Waals surface area contributed by atoms with Crippen LogP contribution in [0.4, 0.5) is 5.69 Å². The first-order chi connectivity index (χ1) is 18.7. The second-order valence-electron chi connectivity index (χ2n) is 10.6. The van der Waals surface area contributed by atoms with Crippen LogP contribution in [0.25, 0.3) is 0 Å². The highest BCUT2D eigenvalue weighted by atomic mass is 35.5. The van der Waals surface area contributed by atoms with E-state index >= 15 is 0 Å². The van der Waals surface area contributed by atoms with Gasteiger partial charge in [0.1, 0.15) is 24.9 Å². The maximum absolute atomic E-state index is 13.7. The molecule has 1 N–H and O–H groups in total. The van der Waals surface area contributed by atoms with Gasteiger partial charge in [-0.15, -0.1) is 0 Å². The van der Waals surface area contributed by atoms with E-state index in [1.54, 1.807) is 55.5 Å². The van der Waals surface area contributed by atoms with Gasteiger partial charge in [0.2, 0.25) is 21.8 Å². The minimum Gasteiger partial charge on any atom is -0.489 e. The summed E-state index contributed by atoms with van der Waals surface area (Å²) >= 11 is 6.15. The topological polar surface area (TPSA) is 96.0 Å². The minimum atomic E-state index is -3.85. The standard InChI is InChI=1S/C30H36ClN3O5S/c1-22(29(36)32-30(2,3)4)33(19-24-12-9-13-25(31)18-24)28(35)20-34(40(5,37)38)26-14-16-27(17-15-26)39-21-23-10-7-6-8-11-23/h6-18,22H,19-21H2,1-5H3,(H,32,36)/t22-/m1/s1. The monoisotopic (exact) mass is 585 g/mol. The van der Waals surface area contributed by atoms with E-state index in [2.05, 4.69) is 5.32 Å². The number of hydrogen-bond donors (Lipinski definition) is 1. The molecule has 1 atom stereocenters. The van der Waals surface area contributed by atoms with Crippen LogP contribution in [0.3, 0.4) is 0 Å². The molecule has 0 saturated heterocycles. The summed E-state index contributed by atoms with van der Waals surface area (Å²) in [6.45, 7) is 7.10. The number of sulfonamides is 1. The Bertz CT molecular complexity index is 1410. The van der Waals surface area contributed by atoms with Crippen LogP contribution in [0.5, 0.6) is 5.75 Å². The maximum atomic E-state index is 13.7. The minimum absolute atomic E-state index is 0.0714. The van der Waals surface area contributed by atoms with E-state index in [1.807, 2.05) is 51.1 Å². The van der Waals surface area contributed by atoms with Crippen molar-refractivity contribution in [3.63, 3.8) is 0 Å². The third-order valence-corrected chi connectivity index (χ3v) is 7.34. The lowest BCUT2D eigenvalue weighted by Crippen LogP contribution is -2.54. The molecule has 0 spiro atoms. The summed E-state index contributed by atoms with van der Waals surface area (Å²) in [4.78, 5) is 28.1. The number of hydrogen-bond acceptors (Lipinski definition) is 5. The molecule has 10 heteroatoms. The Labute approximate surface area is 241 Å². The lowest BCUT2D eigenvalue weighted by molar-refractivity contribution is -0.140. The van der Waals surface area contributed by atoms with Gasteiger partial charge in [-0.05, 0) is 75.2 Å². The Kier molecular flexibility index (Phi) is 10.2. The summed E-state index contributed by atoms with van der Waals surface area (Å²) < 4.78 is 32.4. The number of carbonyl (C=O) groups is 2. The molecule has 0 unspecified atom stereocenters.